The van der Waals surface area contributed by atoms with Crippen molar-refractivity contribution in [3.8, 4) is 0 Å². The van der Waals surface area contributed by atoms with Gasteiger partial charge in [-0.3, -0.25) is 4.79 Å². The quantitative estimate of drug-likeness (QED) is 0.876. The Hall–Kier alpha value is -1.62. The molecule has 0 aliphatic rings. The Bertz CT molecular complexity index is 545. The first-order chi connectivity index (χ1) is 8.04. The Labute approximate surface area is 106 Å². The minimum atomic E-state index is -0.368. The topological polar surface area (TPSA) is 44.9 Å². The van der Waals surface area contributed by atoms with Gasteiger partial charge in [-0.25, -0.2) is 4.39 Å². The molecule has 1 aromatic heterocycles. The number of rotatable bonds is 2. The van der Waals surface area contributed by atoms with Gasteiger partial charge in [0.25, 0.3) is 5.91 Å². The van der Waals surface area contributed by atoms with Crippen LogP contribution in [0.4, 0.5) is 10.1 Å². The number of H-pyrrole nitrogens is 1. The van der Waals surface area contributed by atoms with Gasteiger partial charge >= 0.3 is 0 Å². The molecular weight excluding hydrogens is 287 g/mol. The van der Waals surface area contributed by atoms with Gasteiger partial charge in [0.2, 0.25) is 0 Å². The molecule has 0 unspecified atom stereocenters. The molecule has 3 nitrogen and oxygen atoms in total. The lowest BCUT2D eigenvalue weighted by Gasteiger charge is -2.05. The number of aryl methyl sites for hydroxylation is 1. The van der Waals surface area contributed by atoms with E-state index in [2.05, 4.69) is 26.2 Å². The molecule has 2 rings (SSSR count). The molecule has 0 radical (unpaired) electrons. The zero-order valence-corrected chi connectivity index (χ0v) is 10.6. The third-order valence-corrected chi connectivity index (χ3v) is 2.65. The average Bonchev–Trinajstić information content (AvgIpc) is 2.63. The summed E-state index contributed by atoms with van der Waals surface area (Å²) in [7, 11) is 0. The summed E-state index contributed by atoms with van der Waals surface area (Å²) in [6, 6.07) is 6.05. The molecule has 1 heterocycles. The first kappa shape index (κ1) is 11.9. The largest absolute Gasteiger partial charge is 0.356 e. The van der Waals surface area contributed by atoms with Crippen molar-refractivity contribution in [1.29, 1.82) is 0 Å². The predicted octanol–water partition coefficient (Wildman–Crippen LogP) is 3.48. The minimum Gasteiger partial charge on any atom is -0.356 e. The number of amides is 1. The van der Waals surface area contributed by atoms with Crippen LogP contribution in [0.5, 0.6) is 0 Å². The van der Waals surface area contributed by atoms with Crippen LogP contribution in [-0.4, -0.2) is 10.9 Å². The van der Waals surface area contributed by atoms with Gasteiger partial charge in [-0.2, -0.15) is 0 Å². The van der Waals surface area contributed by atoms with Gasteiger partial charge in [-0.05, 0) is 52.7 Å². The summed E-state index contributed by atoms with van der Waals surface area (Å²) in [5, 5.41) is 2.62. The monoisotopic (exact) mass is 296 g/mol. The van der Waals surface area contributed by atoms with E-state index in [0.717, 1.165) is 10.0 Å². The summed E-state index contributed by atoms with van der Waals surface area (Å²) in [6.07, 6.45) is 1.66. The molecule has 0 bridgehead atoms. The van der Waals surface area contributed by atoms with Crippen LogP contribution >= 0.6 is 15.9 Å². The maximum atomic E-state index is 13.1. The molecule has 5 heteroatoms. The van der Waals surface area contributed by atoms with E-state index in [4.69, 9.17) is 0 Å². The molecule has 0 spiro atoms. The summed E-state index contributed by atoms with van der Waals surface area (Å²) >= 11 is 3.24. The number of hydrogen-bond acceptors (Lipinski definition) is 1. The molecule has 0 saturated heterocycles. The number of carbonyl (C=O) groups excluding carboxylic acids is 1. The van der Waals surface area contributed by atoms with Crippen LogP contribution in [0.3, 0.4) is 0 Å². The minimum absolute atomic E-state index is 0.305. The molecular formula is C12H10BrFN2O. The number of halogens is 2. The maximum absolute atomic E-state index is 13.1. The molecule has 1 amide bonds. The van der Waals surface area contributed by atoms with Crippen molar-refractivity contribution in [3.63, 3.8) is 0 Å². The average molecular weight is 297 g/mol. The second kappa shape index (κ2) is 4.71. The number of hydrogen-bond donors (Lipinski definition) is 2. The molecule has 0 aliphatic heterocycles. The van der Waals surface area contributed by atoms with Crippen LogP contribution in [0.2, 0.25) is 0 Å². The lowest BCUT2D eigenvalue weighted by molar-refractivity contribution is 0.102. The van der Waals surface area contributed by atoms with E-state index in [-0.39, 0.29) is 11.7 Å². The summed E-state index contributed by atoms with van der Waals surface area (Å²) in [5.74, 6) is -0.673. The fraction of sp³-hybridized carbons (Fsp3) is 0.0833. The van der Waals surface area contributed by atoms with Crippen molar-refractivity contribution >= 4 is 27.5 Å². The fourth-order valence-corrected chi connectivity index (χ4v) is 1.85. The van der Waals surface area contributed by atoms with Crippen LogP contribution < -0.4 is 5.32 Å². The lowest BCUT2D eigenvalue weighted by Crippen LogP contribution is -2.12. The highest BCUT2D eigenvalue weighted by atomic mass is 79.9. The zero-order chi connectivity index (χ0) is 12.4. The Morgan fingerprint density at radius 3 is 2.71 bits per heavy atom. The number of aromatic amines is 1. The molecule has 0 saturated carbocycles. The molecule has 17 heavy (non-hydrogen) atoms. The predicted molar refractivity (Wildman–Crippen MR) is 67.6 cm³/mol. The Morgan fingerprint density at radius 1 is 1.35 bits per heavy atom. The fourth-order valence-electron chi connectivity index (χ4n) is 1.51. The Morgan fingerprint density at radius 2 is 2.12 bits per heavy atom. The third-order valence-electron chi connectivity index (χ3n) is 2.19. The smallest absolute Gasteiger partial charge is 0.272 e. The summed E-state index contributed by atoms with van der Waals surface area (Å²) in [4.78, 5) is 14.6. The highest BCUT2D eigenvalue weighted by molar-refractivity contribution is 9.10. The standard InChI is InChI=1S/C12H10BrFN2O/c1-7-2-9(14)5-10(3-7)16-12(17)11-4-8(13)6-15-11/h2-6,15H,1H3,(H,16,17). The first-order valence-corrected chi connectivity index (χ1v) is 5.76. The Balaban J connectivity index is 2.18. The van der Waals surface area contributed by atoms with E-state index in [1.165, 1.54) is 12.1 Å². The van der Waals surface area contributed by atoms with E-state index in [1.807, 2.05) is 0 Å². The van der Waals surface area contributed by atoms with Crippen molar-refractivity contribution in [1.82, 2.24) is 4.98 Å². The first-order valence-electron chi connectivity index (χ1n) is 4.97. The van der Waals surface area contributed by atoms with Crippen molar-refractivity contribution in [3.05, 3.63) is 52.0 Å². The Kier molecular flexibility index (Phi) is 3.28. The summed E-state index contributed by atoms with van der Waals surface area (Å²) in [6.45, 7) is 1.77. The second-order valence-electron chi connectivity index (χ2n) is 3.70. The highest BCUT2D eigenvalue weighted by Crippen LogP contribution is 2.16. The van der Waals surface area contributed by atoms with Crippen LogP contribution in [0.15, 0.2) is 34.9 Å². The van der Waals surface area contributed by atoms with Gasteiger partial charge < -0.3 is 10.3 Å². The van der Waals surface area contributed by atoms with E-state index in [9.17, 15) is 9.18 Å². The van der Waals surface area contributed by atoms with Crippen molar-refractivity contribution < 1.29 is 9.18 Å². The molecule has 0 atom stereocenters. The highest BCUT2D eigenvalue weighted by Gasteiger charge is 2.08. The SMILES string of the molecule is Cc1cc(F)cc(NC(=O)c2cc(Br)c[nH]2)c1. The number of nitrogens with one attached hydrogen (secondary N) is 2. The molecule has 0 fully saturated rings. The van der Waals surface area contributed by atoms with Gasteiger partial charge in [0.15, 0.2) is 0 Å². The van der Waals surface area contributed by atoms with Crippen LogP contribution in [-0.2, 0) is 0 Å². The maximum Gasteiger partial charge on any atom is 0.272 e. The molecule has 0 aliphatic carbocycles. The van der Waals surface area contributed by atoms with Crippen molar-refractivity contribution in [2.24, 2.45) is 0 Å². The van der Waals surface area contributed by atoms with Crippen LogP contribution in [0.1, 0.15) is 16.1 Å². The lowest BCUT2D eigenvalue weighted by atomic mass is 10.2. The number of carbonyl (C=O) groups is 1. The van der Waals surface area contributed by atoms with Gasteiger partial charge in [0.05, 0.1) is 0 Å². The van der Waals surface area contributed by atoms with E-state index >= 15 is 0 Å². The molecule has 88 valence electrons. The van der Waals surface area contributed by atoms with Crippen molar-refractivity contribution in [2.45, 2.75) is 6.92 Å². The second-order valence-corrected chi connectivity index (χ2v) is 4.62. The number of anilines is 1. The molecule has 1 aromatic carbocycles. The normalized spacial score (nSPS) is 10.3. The van der Waals surface area contributed by atoms with Crippen molar-refractivity contribution in [2.75, 3.05) is 5.32 Å². The van der Waals surface area contributed by atoms with Crippen LogP contribution in [0.25, 0.3) is 0 Å². The molecule has 2 N–H and O–H groups in total. The summed E-state index contributed by atoms with van der Waals surface area (Å²) < 4.78 is 13.9. The van der Waals surface area contributed by atoms with E-state index < -0.39 is 0 Å². The van der Waals surface area contributed by atoms with Gasteiger partial charge in [-0.1, -0.05) is 0 Å². The van der Waals surface area contributed by atoms with Gasteiger partial charge in [0, 0.05) is 16.4 Å². The number of benzene rings is 1. The van der Waals surface area contributed by atoms with Crippen LogP contribution in [0, 0.1) is 12.7 Å². The molecule has 2 aromatic rings. The zero-order valence-electron chi connectivity index (χ0n) is 9.05. The van der Waals surface area contributed by atoms with Gasteiger partial charge in [0.1, 0.15) is 11.5 Å². The summed E-state index contributed by atoms with van der Waals surface area (Å²) in [5.41, 5.74) is 1.62. The number of aromatic nitrogens is 1. The van der Waals surface area contributed by atoms with E-state index in [0.29, 0.717) is 11.4 Å². The van der Waals surface area contributed by atoms with E-state index in [1.54, 1.807) is 25.3 Å². The third kappa shape index (κ3) is 2.94. The van der Waals surface area contributed by atoms with Gasteiger partial charge in [-0.15, -0.1) is 0 Å².